The summed E-state index contributed by atoms with van der Waals surface area (Å²) in [4.78, 5) is 21.6. The number of hydrogen-bond acceptors (Lipinski definition) is 3. The van der Waals surface area contributed by atoms with E-state index in [0.29, 0.717) is 17.4 Å². The van der Waals surface area contributed by atoms with Gasteiger partial charge in [0.15, 0.2) is 0 Å². The van der Waals surface area contributed by atoms with Crippen molar-refractivity contribution in [2.24, 2.45) is 0 Å². The van der Waals surface area contributed by atoms with E-state index in [0.717, 1.165) is 5.56 Å². The summed E-state index contributed by atoms with van der Waals surface area (Å²) in [7, 11) is 1.33. The van der Waals surface area contributed by atoms with E-state index < -0.39 is 5.97 Å². The lowest BCUT2D eigenvalue weighted by Gasteiger charge is -2.04. The quantitative estimate of drug-likeness (QED) is 0.429. The van der Waals surface area contributed by atoms with Gasteiger partial charge in [-0.05, 0) is 24.6 Å². The maximum absolute atomic E-state index is 11.4. The molecule has 0 aromatic heterocycles. The van der Waals surface area contributed by atoms with Gasteiger partial charge in [-0.3, -0.25) is 4.79 Å². The van der Waals surface area contributed by atoms with Gasteiger partial charge in [0.25, 0.3) is 0 Å². The van der Waals surface area contributed by atoms with Crippen molar-refractivity contribution in [1.29, 1.82) is 0 Å². The second kappa shape index (κ2) is 5.10. The third-order valence-electron chi connectivity index (χ3n) is 1.97. The molecule has 0 unspecified atom stereocenters. The molecule has 0 aliphatic rings. The first-order valence-electron chi connectivity index (χ1n) is 4.50. The molecule has 0 heterocycles. The topological polar surface area (TPSA) is 43.4 Å². The number of carbonyl (C=O) groups excluding carboxylic acids is 2. The number of aryl methyl sites for hydroxylation is 1. The number of hydrogen-bond donors (Lipinski definition) is 0. The number of carbonyl (C=O) groups is 2. The van der Waals surface area contributed by atoms with Gasteiger partial charge >= 0.3 is 5.97 Å². The zero-order valence-corrected chi connectivity index (χ0v) is 8.69. The smallest absolute Gasteiger partial charge is 0.338 e. The molecule has 78 valence electrons. The number of methoxy groups -OCH3 is 1. The predicted molar refractivity (Wildman–Crippen MR) is 57.6 cm³/mol. The number of esters is 1. The van der Waals surface area contributed by atoms with Crippen molar-refractivity contribution in [3.05, 3.63) is 41.0 Å². The first kappa shape index (κ1) is 11.2. The van der Waals surface area contributed by atoms with Crippen LogP contribution in [0.4, 0.5) is 0 Å². The molecule has 1 aromatic rings. The minimum absolute atomic E-state index is 0.402. The molecule has 0 saturated heterocycles. The van der Waals surface area contributed by atoms with Gasteiger partial charge in [0.1, 0.15) is 6.29 Å². The van der Waals surface area contributed by atoms with E-state index in [9.17, 15) is 9.59 Å². The lowest BCUT2D eigenvalue weighted by atomic mass is 10.0. The molecular weight excluding hydrogens is 192 g/mol. The van der Waals surface area contributed by atoms with Gasteiger partial charge < -0.3 is 4.74 Å². The largest absolute Gasteiger partial charge is 0.465 e. The van der Waals surface area contributed by atoms with Crippen LogP contribution < -0.4 is 0 Å². The van der Waals surface area contributed by atoms with Crippen LogP contribution in [-0.2, 0) is 9.53 Å². The van der Waals surface area contributed by atoms with Crippen LogP contribution in [0.3, 0.4) is 0 Å². The van der Waals surface area contributed by atoms with Gasteiger partial charge in [-0.1, -0.05) is 23.8 Å². The third-order valence-corrected chi connectivity index (χ3v) is 1.97. The van der Waals surface area contributed by atoms with Crippen LogP contribution in [0.1, 0.15) is 21.5 Å². The fourth-order valence-corrected chi connectivity index (χ4v) is 1.26. The van der Waals surface area contributed by atoms with E-state index >= 15 is 0 Å². The van der Waals surface area contributed by atoms with E-state index in [1.165, 1.54) is 13.2 Å². The summed E-state index contributed by atoms with van der Waals surface area (Å²) in [5.41, 5.74) is 2.17. The molecule has 0 N–H and O–H groups in total. The Morgan fingerprint density at radius 2 is 2.13 bits per heavy atom. The van der Waals surface area contributed by atoms with Crippen LogP contribution in [0.15, 0.2) is 24.3 Å². The molecule has 0 amide bonds. The third kappa shape index (κ3) is 2.77. The van der Waals surface area contributed by atoms with Crippen LogP contribution in [0.2, 0.25) is 0 Å². The highest BCUT2D eigenvalue weighted by Gasteiger charge is 2.09. The molecule has 0 aliphatic heterocycles. The Hall–Kier alpha value is -1.90. The van der Waals surface area contributed by atoms with E-state index in [4.69, 9.17) is 0 Å². The van der Waals surface area contributed by atoms with Crippen molar-refractivity contribution in [2.75, 3.05) is 7.11 Å². The summed E-state index contributed by atoms with van der Waals surface area (Å²) in [5, 5.41) is 0. The van der Waals surface area contributed by atoms with Gasteiger partial charge in [0.2, 0.25) is 0 Å². The molecule has 3 heteroatoms. The zero-order valence-electron chi connectivity index (χ0n) is 8.69. The fraction of sp³-hybridized carbons (Fsp3) is 0.167. The average molecular weight is 204 g/mol. The standard InChI is InChI=1S/C12H12O3/c1-9-5-6-11(12(14)15-2)10(8-9)4-3-7-13/h3-8H,1-2H3. The number of benzene rings is 1. The maximum Gasteiger partial charge on any atom is 0.338 e. The molecule has 1 rings (SSSR count). The fourth-order valence-electron chi connectivity index (χ4n) is 1.26. The van der Waals surface area contributed by atoms with Crippen LogP contribution in [0.5, 0.6) is 0 Å². The van der Waals surface area contributed by atoms with Crippen LogP contribution in [0, 0.1) is 6.92 Å². The van der Waals surface area contributed by atoms with Gasteiger partial charge in [-0.25, -0.2) is 4.79 Å². The Kier molecular flexibility index (Phi) is 3.80. The Labute approximate surface area is 88.4 Å². The molecule has 3 nitrogen and oxygen atoms in total. The van der Waals surface area contributed by atoms with Gasteiger partial charge in [-0.2, -0.15) is 0 Å². The van der Waals surface area contributed by atoms with E-state index in [1.807, 2.05) is 19.1 Å². The molecular formula is C12H12O3. The summed E-state index contributed by atoms with van der Waals surface area (Å²) in [5.74, 6) is -0.402. The normalized spacial score (nSPS) is 10.3. The SMILES string of the molecule is COC(=O)c1ccc(C)cc1C=CC=O. The number of ether oxygens (including phenoxy) is 1. The Balaban J connectivity index is 3.19. The molecule has 0 saturated carbocycles. The maximum atomic E-state index is 11.4. The van der Waals surface area contributed by atoms with Crippen molar-refractivity contribution in [3.8, 4) is 0 Å². The first-order chi connectivity index (χ1) is 7.19. The Morgan fingerprint density at radius 3 is 2.73 bits per heavy atom. The molecule has 0 bridgehead atoms. The lowest BCUT2D eigenvalue weighted by molar-refractivity contribution is -0.104. The van der Waals surface area contributed by atoms with E-state index in [2.05, 4.69) is 4.74 Å². The molecule has 0 atom stereocenters. The van der Waals surface area contributed by atoms with Crippen molar-refractivity contribution >= 4 is 18.3 Å². The molecule has 0 radical (unpaired) electrons. The molecule has 0 spiro atoms. The first-order valence-corrected chi connectivity index (χ1v) is 4.50. The molecule has 0 aliphatic carbocycles. The lowest BCUT2D eigenvalue weighted by Crippen LogP contribution is -2.03. The van der Waals surface area contributed by atoms with E-state index in [1.54, 1.807) is 12.1 Å². The van der Waals surface area contributed by atoms with Gasteiger partial charge in [0, 0.05) is 0 Å². The Bertz CT molecular complexity index is 405. The summed E-state index contributed by atoms with van der Waals surface area (Å²) in [6.45, 7) is 1.92. The second-order valence-electron chi connectivity index (χ2n) is 3.08. The zero-order chi connectivity index (χ0) is 11.3. The summed E-state index contributed by atoms with van der Waals surface area (Å²) < 4.78 is 4.64. The average Bonchev–Trinajstić information content (AvgIpc) is 2.25. The molecule has 0 fully saturated rings. The van der Waals surface area contributed by atoms with Crippen molar-refractivity contribution in [1.82, 2.24) is 0 Å². The van der Waals surface area contributed by atoms with Crippen LogP contribution in [-0.4, -0.2) is 19.4 Å². The monoisotopic (exact) mass is 204 g/mol. The van der Waals surface area contributed by atoms with Crippen molar-refractivity contribution in [2.45, 2.75) is 6.92 Å². The van der Waals surface area contributed by atoms with Gasteiger partial charge in [0.05, 0.1) is 12.7 Å². The second-order valence-corrected chi connectivity index (χ2v) is 3.08. The number of allylic oxidation sites excluding steroid dienone is 1. The van der Waals surface area contributed by atoms with Crippen molar-refractivity contribution in [3.63, 3.8) is 0 Å². The number of aldehydes is 1. The highest BCUT2D eigenvalue weighted by molar-refractivity contribution is 5.94. The Morgan fingerprint density at radius 1 is 1.40 bits per heavy atom. The van der Waals surface area contributed by atoms with Crippen LogP contribution in [0.25, 0.3) is 6.08 Å². The van der Waals surface area contributed by atoms with Crippen LogP contribution >= 0.6 is 0 Å². The molecule has 1 aromatic carbocycles. The number of rotatable bonds is 3. The highest BCUT2D eigenvalue weighted by atomic mass is 16.5. The summed E-state index contributed by atoms with van der Waals surface area (Å²) >= 11 is 0. The molecule has 15 heavy (non-hydrogen) atoms. The van der Waals surface area contributed by atoms with Crippen molar-refractivity contribution < 1.29 is 14.3 Å². The predicted octanol–water partition coefficient (Wildman–Crippen LogP) is 1.99. The summed E-state index contributed by atoms with van der Waals surface area (Å²) in [6.07, 6.45) is 3.61. The van der Waals surface area contributed by atoms with E-state index in [-0.39, 0.29) is 0 Å². The highest BCUT2D eigenvalue weighted by Crippen LogP contribution is 2.14. The van der Waals surface area contributed by atoms with Gasteiger partial charge in [-0.15, -0.1) is 0 Å². The minimum atomic E-state index is -0.402. The summed E-state index contributed by atoms with van der Waals surface area (Å²) in [6, 6.07) is 5.34. The minimum Gasteiger partial charge on any atom is -0.465 e.